The van der Waals surface area contributed by atoms with Gasteiger partial charge in [0.1, 0.15) is 5.75 Å². The van der Waals surface area contributed by atoms with Crippen molar-refractivity contribution in [2.24, 2.45) is 0 Å². The summed E-state index contributed by atoms with van der Waals surface area (Å²) in [4.78, 5) is 4.25. The quantitative estimate of drug-likeness (QED) is 0.835. The molecule has 0 radical (unpaired) electrons. The zero-order chi connectivity index (χ0) is 11.5. The predicted molar refractivity (Wildman–Crippen MR) is 64.6 cm³/mol. The van der Waals surface area contributed by atoms with E-state index in [1.165, 1.54) is 0 Å². The Kier molecular flexibility index (Phi) is 2.77. The smallest absolute Gasteiger partial charge is 0.219 e. The van der Waals surface area contributed by atoms with E-state index in [1.54, 1.807) is 12.1 Å². The summed E-state index contributed by atoms with van der Waals surface area (Å²) in [6, 6.07) is 11.4. The Bertz CT molecular complexity index is 509. The third-order valence-corrected chi connectivity index (χ3v) is 2.31. The number of nitrogens with two attached hydrogens (primary N) is 1. The number of aryl methyl sites for hydroxylation is 2. The second-order valence-corrected chi connectivity index (χ2v) is 3.74. The van der Waals surface area contributed by atoms with Crippen LogP contribution in [-0.2, 0) is 0 Å². The van der Waals surface area contributed by atoms with Gasteiger partial charge in [-0.3, -0.25) is 0 Å². The summed E-state index contributed by atoms with van der Waals surface area (Å²) in [6.45, 7) is 3.88. The number of nitrogen functional groups attached to an aromatic ring is 1. The lowest BCUT2D eigenvalue weighted by molar-refractivity contribution is 0.461. The summed E-state index contributed by atoms with van der Waals surface area (Å²) in [7, 11) is 0. The first-order chi connectivity index (χ1) is 7.65. The molecule has 0 saturated heterocycles. The van der Waals surface area contributed by atoms with Crippen molar-refractivity contribution < 1.29 is 4.74 Å². The second kappa shape index (κ2) is 4.23. The largest absolute Gasteiger partial charge is 0.439 e. The average molecular weight is 214 g/mol. The molecule has 0 unspecified atom stereocenters. The van der Waals surface area contributed by atoms with Gasteiger partial charge in [-0.25, -0.2) is 4.98 Å². The van der Waals surface area contributed by atoms with Crippen LogP contribution in [0.1, 0.15) is 11.3 Å². The molecule has 0 saturated carbocycles. The van der Waals surface area contributed by atoms with Crippen LogP contribution in [0, 0.1) is 13.8 Å². The molecule has 0 bridgehead atoms. The topological polar surface area (TPSA) is 48.1 Å². The van der Waals surface area contributed by atoms with Gasteiger partial charge < -0.3 is 10.5 Å². The van der Waals surface area contributed by atoms with Crippen LogP contribution < -0.4 is 10.5 Å². The second-order valence-electron chi connectivity index (χ2n) is 3.74. The fraction of sp³-hybridized carbons (Fsp3) is 0.154. The highest BCUT2D eigenvalue weighted by Gasteiger charge is 2.01. The van der Waals surface area contributed by atoms with Crippen LogP contribution in [0.4, 0.5) is 5.69 Å². The number of anilines is 1. The molecule has 0 aliphatic carbocycles. The third-order valence-electron chi connectivity index (χ3n) is 2.31. The number of ether oxygens (including phenoxy) is 1. The molecular weight excluding hydrogens is 200 g/mol. The van der Waals surface area contributed by atoms with Crippen LogP contribution in [0.2, 0.25) is 0 Å². The predicted octanol–water partition coefficient (Wildman–Crippen LogP) is 3.07. The van der Waals surface area contributed by atoms with Gasteiger partial charge >= 0.3 is 0 Å². The van der Waals surface area contributed by atoms with Crippen LogP contribution >= 0.6 is 0 Å². The van der Waals surface area contributed by atoms with Gasteiger partial charge in [-0.05, 0) is 37.6 Å². The minimum atomic E-state index is 0.567. The molecule has 0 aliphatic heterocycles. The molecule has 0 atom stereocenters. The minimum absolute atomic E-state index is 0.567. The van der Waals surface area contributed by atoms with E-state index in [1.807, 2.05) is 38.1 Å². The van der Waals surface area contributed by atoms with Crippen molar-refractivity contribution in [2.45, 2.75) is 13.8 Å². The standard InChI is InChI=1S/C13H14N2O/c1-9-4-3-5-11(8-9)16-13-7-6-12(14)10(2)15-13/h3-8H,14H2,1-2H3. The maximum absolute atomic E-state index is 5.69. The van der Waals surface area contributed by atoms with E-state index >= 15 is 0 Å². The summed E-state index contributed by atoms with van der Waals surface area (Å²) in [6.07, 6.45) is 0. The molecular formula is C13H14N2O. The fourth-order valence-corrected chi connectivity index (χ4v) is 1.41. The number of benzene rings is 1. The first-order valence-electron chi connectivity index (χ1n) is 5.13. The van der Waals surface area contributed by atoms with Crippen molar-refractivity contribution in [3.8, 4) is 11.6 Å². The highest BCUT2D eigenvalue weighted by atomic mass is 16.5. The monoisotopic (exact) mass is 214 g/mol. The molecule has 3 heteroatoms. The number of aromatic nitrogens is 1. The van der Waals surface area contributed by atoms with Crippen molar-refractivity contribution in [3.05, 3.63) is 47.7 Å². The Labute approximate surface area is 94.9 Å². The highest BCUT2D eigenvalue weighted by molar-refractivity contribution is 5.44. The molecule has 2 aromatic rings. The molecule has 0 amide bonds. The molecule has 1 aromatic heterocycles. The van der Waals surface area contributed by atoms with E-state index in [2.05, 4.69) is 4.98 Å². The summed E-state index contributed by atoms with van der Waals surface area (Å²) < 4.78 is 5.63. The van der Waals surface area contributed by atoms with E-state index in [4.69, 9.17) is 10.5 Å². The lowest BCUT2D eigenvalue weighted by Crippen LogP contribution is -1.95. The molecule has 82 valence electrons. The van der Waals surface area contributed by atoms with Gasteiger partial charge in [-0.15, -0.1) is 0 Å². The molecule has 0 spiro atoms. The fourth-order valence-electron chi connectivity index (χ4n) is 1.41. The van der Waals surface area contributed by atoms with Gasteiger partial charge in [0.05, 0.1) is 11.4 Å². The zero-order valence-corrected chi connectivity index (χ0v) is 9.40. The maximum atomic E-state index is 5.69. The summed E-state index contributed by atoms with van der Waals surface area (Å²) in [5, 5.41) is 0. The summed E-state index contributed by atoms with van der Waals surface area (Å²) in [5.41, 5.74) is 8.31. The maximum Gasteiger partial charge on any atom is 0.219 e. The number of hydrogen-bond donors (Lipinski definition) is 1. The van der Waals surface area contributed by atoms with Gasteiger partial charge in [-0.2, -0.15) is 0 Å². The number of pyridine rings is 1. The van der Waals surface area contributed by atoms with E-state index < -0.39 is 0 Å². The molecule has 3 nitrogen and oxygen atoms in total. The van der Waals surface area contributed by atoms with Gasteiger partial charge in [-0.1, -0.05) is 12.1 Å². The molecule has 1 aromatic carbocycles. The van der Waals surface area contributed by atoms with Crippen molar-refractivity contribution in [1.29, 1.82) is 0 Å². The van der Waals surface area contributed by atoms with E-state index in [0.717, 1.165) is 17.0 Å². The Balaban J connectivity index is 2.24. The van der Waals surface area contributed by atoms with Crippen LogP contribution in [0.25, 0.3) is 0 Å². The van der Waals surface area contributed by atoms with Crippen LogP contribution in [0.5, 0.6) is 11.6 Å². The lowest BCUT2D eigenvalue weighted by atomic mass is 10.2. The minimum Gasteiger partial charge on any atom is -0.439 e. The molecule has 2 N–H and O–H groups in total. The van der Waals surface area contributed by atoms with Gasteiger partial charge in [0.25, 0.3) is 0 Å². The highest BCUT2D eigenvalue weighted by Crippen LogP contribution is 2.22. The summed E-state index contributed by atoms with van der Waals surface area (Å²) in [5.74, 6) is 1.36. The van der Waals surface area contributed by atoms with Crippen LogP contribution in [-0.4, -0.2) is 4.98 Å². The van der Waals surface area contributed by atoms with Crippen molar-refractivity contribution >= 4 is 5.69 Å². The zero-order valence-electron chi connectivity index (χ0n) is 9.40. The number of nitrogens with zero attached hydrogens (tertiary/aromatic N) is 1. The Hall–Kier alpha value is -2.03. The Morgan fingerprint density at radius 2 is 1.94 bits per heavy atom. The van der Waals surface area contributed by atoms with Crippen LogP contribution in [0.15, 0.2) is 36.4 Å². The Morgan fingerprint density at radius 1 is 1.12 bits per heavy atom. The molecule has 0 aliphatic rings. The number of rotatable bonds is 2. The normalized spacial score (nSPS) is 10.1. The third kappa shape index (κ3) is 2.31. The molecule has 16 heavy (non-hydrogen) atoms. The molecule has 2 rings (SSSR count). The summed E-state index contributed by atoms with van der Waals surface area (Å²) >= 11 is 0. The van der Waals surface area contributed by atoms with Crippen LogP contribution in [0.3, 0.4) is 0 Å². The first-order valence-corrected chi connectivity index (χ1v) is 5.13. The Morgan fingerprint density at radius 3 is 2.62 bits per heavy atom. The molecule has 1 heterocycles. The van der Waals surface area contributed by atoms with Crippen molar-refractivity contribution in [1.82, 2.24) is 4.98 Å². The molecule has 0 fully saturated rings. The van der Waals surface area contributed by atoms with Gasteiger partial charge in [0, 0.05) is 6.07 Å². The van der Waals surface area contributed by atoms with E-state index in [-0.39, 0.29) is 0 Å². The average Bonchev–Trinajstić information content (AvgIpc) is 2.24. The van der Waals surface area contributed by atoms with Crippen molar-refractivity contribution in [2.75, 3.05) is 5.73 Å². The van der Waals surface area contributed by atoms with E-state index in [9.17, 15) is 0 Å². The van der Waals surface area contributed by atoms with Gasteiger partial charge in [0.2, 0.25) is 5.88 Å². The SMILES string of the molecule is Cc1cccc(Oc2ccc(N)c(C)n2)c1. The van der Waals surface area contributed by atoms with E-state index in [0.29, 0.717) is 11.6 Å². The van der Waals surface area contributed by atoms with Crippen molar-refractivity contribution in [3.63, 3.8) is 0 Å². The van der Waals surface area contributed by atoms with Gasteiger partial charge in [0.15, 0.2) is 0 Å². The number of hydrogen-bond acceptors (Lipinski definition) is 3. The lowest BCUT2D eigenvalue weighted by Gasteiger charge is -2.07. The first kappa shape index (κ1) is 10.5.